The first kappa shape index (κ1) is 20.2. The van der Waals surface area contributed by atoms with Gasteiger partial charge in [-0.15, -0.1) is 0 Å². The number of hydrogen-bond donors (Lipinski definition) is 3. The Balaban J connectivity index is 1.94. The van der Waals surface area contributed by atoms with Crippen LogP contribution in [0.5, 0.6) is 5.75 Å². The summed E-state index contributed by atoms with van der Waals surface area (Å²) in [5.74, 6) is 1.40. The van der Waals surface area contributed by atoms with Crippen molar-refractivity contribution in [1.82, 2.24) is 5.32 Å². The molecule has 140 valence electrons. The molecule has 1 atom stereocenters. The Morgan fingerprint density at radius 2 is 1.58 bits per heavy atom. The van der Waals surface area contributed by atoms with Crippen LogP contribution < -0.4 is 20.3 Å². The Bertz CT molecular complexity index is 696. The summed E-state index contributed by atoms with van der Waals surface area (Å²) < 4.78 is 5.24. The van der Waals surface area contributed by atoms with E-state index in [1.807, 2.05) is 12.1 Å². The quantitative estimate of drug-likeness (QED) is 0.653. The summed E-state index contributed by atoms with van der Waals surface area (Å²) in [4.78, 5) is 1.34. The zero-order valence-electron chi connectivity index (χ0n) is 16.3. The summed E-state index contributed by atoms with van der Waals surface area (Å²) in [5, 5.41) is 7.25. The zero-order valence-corrected chi connectivity index (χ0v) is 17.1. The summed E-state index contributed by atoms with van der Waals surface area (Å²) in [7, 11) is 5.98. The molecule has 0 bridgehead atoms. The maximum Gasteiger partial charge on any atom is 0.171 e. The fourth-order valence-corrected chi connectivity index (χ4v) is 3.01. The molecule has 3 N–H and O–H groups in total. The third-order valence-corrected chi connectivity index (χ3v) is 4.76. The van der Waals surface area contributed by atoms with E-state index in [2.05, 4.69) is 75.0 Å². The number of anilines is 1. The number of rotatable bonds is 7. The monoisotopic (exact) mass is 372 g/mol. The van der Waals surface area contributed by atoms with Crippen molar-refractivity contribution in [3.05, 3.63) is 59.7 Å². The normalized spacial score (nSPS) is 12.1. The number of thiocarbonyl (C=S) groups is 1. The van der Waals surface area contributed by atoms with Crippen molar-refractivity contribution in [3.63, 3.8) is 0 Å². The Labute approximate surface area is 162 Å². The van der Waals surface area contributed by atoms with E-state index in [1.54, 1.807) is 7.11 Å². The highest BCUT2D eigenvalue weighted by molar-refractivity contribution is 7.80. The predicted molar refractivity (Wildman–Crippen MR) is 113 cm³/mol. The van der Waals surface area contributed by atoms with Crippen molar-refractivity contribution in [1.29, 1.82) is 0 Å². The molecule has 0 unspecified atom stereocenters. The second kappa shape index (κ2) is 9.55. The minimum Gasteiger partial charge on any atom is -0.497 e. The molecule has 2 rings (SSSR count). The summed E-state index contributed by atoms with van der Waals surface area (Å²) >= 11 is 5.46. The van der Waals surface area contributed by atoms with Gasteiger partial charge in [-0.1, -0.05) is 26.0 Å². The van der Waals surface area contributed by atoms with E-state index in [0.717, 1.165) is 18.0 Å². The van der Waals surface area contributed by atoms with Crippen LogP contribution in [0.15, 0.2) is 48.5 Å². The average molecular weight is 373 g/mol. The van der Waals surface area contributed by atoms with Crippen LogP contribution in [0.1, 0.15) is 36.9 Å². The van der Waals surface area contributed by atoms with Crippen LogP contribution in [0, 0.1) is 0 Å². The molecule has 0 aliphatic carbocycles. The molecule has 0 heterocycles. The standard InChI is InChI=1S/C21H29N3OS/c1-15(2)16-6-10-18(11-7-16)23-21(26)22-14-20(24(3)4)17-8-12-19(25-5)13-9-17/h6-13,15,20H,14H2,1-5H3,(H2,22,23,26)/p+1/t20-/m1/s1. The molecule has 0 saturated carbocycles. The maximum atomic E-state index is 5.46. The number of benzene rings is 2. The average Bonchev–Trinajstić information content (AvgIpc) is 2.62. The van der Waals surface area contributed by atoms with Crippen LogP contribution in [-0.2, 0) is 0 Å². The Morgan fingerprint density at radius 1 is 1.00 bits per heavy atom. The highest BCUT2D eigenvalue weighted by Crippen LogP contribution is 2.17. The van der Waals surface area contributed by atoms with Gasteiger partial charge in [0.1, 0.15) is 11.8 Å². The van der Waals surface area contributed by atoms with Gasteiger partial charge in [0.25, 0.3) is 0 Å². The SMILES string of the molecule is COc1ccc([C@@H](CNC(=S)Nc2ccc(C(C)C)cc2)[NH+](C)C)cc1. The van der Waals surface area contributed by atoms with Gasteiger partial charge in [0.2, 0.25) is 0 Å². The van der Waals surface area contributed by atoms with Crippen LogP contribution in [0.3, 0.4) is 0 Å². The van der Waals surface area contributed by atoms with Crippen LogP contribution in [0.4, 0.5) is 5.69 Å². The van der Waals surface area contributed by atoms with Crippen molar-refractivity contribution in [2.24, 2.45) is 0 Å². The van der Waals surface area contributed by atoms with E-state index >= 15 is 0 Å². The molecule has 0 aromatic heterocycles. The van der Waals surface area contributed by atoms with Gasteiger partial charge in [0.05, 0.1) is 27.7 Å². The third-order valence-electron chi connectivity index (χ3n) is 4.52. The summed E-state index contributed by atoms with van der Waals surface area (Å²) in [6, 6.07) is 16.9. The fraction of sp³-hybridized carbons (Fsp3) is 0.381. The van der Waals surface area contributed by atoms with Crippen molar-refractivity contribution in [3.8, 4) is 5.75 Å². The van der Waals surface area contributed by atoms with Crippen LogP contribution in [0.2, 0.25) is 0 Å². The lowest BCUT2D eigenvalue weighted by Crippen LogP contribution is -3.07. The van der Waals surface area contributed by atoms with Gasteiger partial charge in [-0.2, -0.15) is 0 Å². The molecule has 4 nitrogen and oxygen atoms in total. The lowest BCUT2D eigenvalue weighted by molar-refractivity contribution is -0.890. The molecule has 2 aromatic carbocycles. The molecule has 0 aliphatic heterocycles. The summed E-state index contributed by atoms with van der Waals surface area (Å²) in [6.45, 7) is 5.14. The van der Waals surface area contributed by atoms with Crippen molar-refractivity contribution in [2.45, 2.75) is 25.8 Å². The Morgan fingerprint density at radius 3 is 2.08 bits per heavy atom. The summed E-state index contributed by atoms with van der Waals surface area (Å²) in [5.41, 5.74) is 3.58. The van der Waals surface area contributed by atoms with Gasteiger partial charge in [-0.3, -0.25) is 0 Å². The van der Waals surface area contributed by atoms with Crippen molar-refractivity contribution >= 4 is 23.0 Å². The highest BCUT2D eigenvalue weighted by Gasteiger charge is 2.18. The van der Waals surface area contributed by atoms with Gasteiger partial charge in [0, 0.05) is 11.3 Å². The number of hydrogen-bond acceptors (Lipinski definition) is 2. The maximum absolute atomic E-state index is 5.46. The minimum atomic E-state index is 0.295. The molecule has 0 aliphatic rings. The number of likely N-dealkylation sites (N-methyl/N-ethyl adjacent to an activating group) is 1. The molecule has 26 heavy (non-hydrogen) atoms. The molecule has 5 heteroatoms. The molecule has 0 amide bonds. The molecular formula is C21H30N3OS+. The minimum absolute atomic E-state index is 0.295. The van der Waals surface area contributed by atoms with Crippen LogP contribution in [0.25, 0.3) is 0 Å². The van der Waals surface area contributed by atoms with Gasteiger partial charge >= 0.3 is 0 Å². The second-order valence-electron chi connectivity index (χ2n) is 7.01. The third kappa shape index (κ3) is 5.71. The number of methoxy groups -OCH3 is 1. The van der Waals surface area contributed by atoms with Crippen LogP contribution >= 0.6 is 12.2 Å². The van der Waals surface area contributed by atoms with Gasteiger partial charge in [-0.25, -0.2) is 0 Å². The first-order valence-corrected chi connectivity index (χ1v) is 9.40. The molecular weight excluding hydrogens is 342 g/mol. The number of nitrogens with one attached hydrogen (secondary N) is 3. The molecule has 2 aromatic rings. The fourth-order valence-electron chi connectivity index (χ4n) is 2.81. The van der Waals surface area contributed by atoms with Gasteiger partial charge < -0.3 is 20.3 Å². The van der Waals surface area contributed by atoms with E-state index in [4.69, 9.17) is 17.0 Å². The van der Waals surface area contributed by atoms with E-state index in [1.165, 1.54) is 16.0 Å². The van der Waals surface area contributed by atoms with Crippen molar-refractivity contribution < 1.29 is 9.64 Å². The zero-order chi connectivity index (χ0) is 19.1. The lowest BCUT2D eigenvalue weighted by Gasteiger charge is -2.23. The number of ether oxygens (including phenoxy) is 1. The Hall–Kier alpha value is -2.11. The molecule has 0 fully saturated rings. The Kier molecular flexibility index (Phi) is 7.42. The highest BCUT2D eigenvalue weighted by atomic mass is 32.1. The van der Waals surface area contributed by atoms with Gasteiger partial charge in [0.15, 0.2) is 5.11 Å². The molecule has 0 radical (unpaired) electrons. The first-order chi connectivity index (χ1) is 12.4. The van der Waals surface area contributed by atoms with E-state index in [0.29, 0.717) is 17.1 Å². The largest absolute Gasteiger partial charge is 0.497 e. The second-order valence-corrected chi connectivity index (χ2v) is 7.42. The van der Waals surface area contributed by atoms with E-state index in [9.17, 15) is 0 Å². The molecule has 0 spiro atoms. The van der Waals surface area contributed by atoms with E-state index < -0.39 is 0 Å². The lowest BCUT2D eigenvalue weighted by atomic mass is 10.0. The summed E-state index contributed by atoms with van der Waals surface area (Å²) in [6.07, 6.45) is 0. The van der Waals surface area contributed by atoms with Gasteiger partial charge in [-0.05, 0) is 60.1 Å². The van der Waals surface area contributed by atoms with Crippen molar-refractivity contribution in [2.75, 3.05) is 33.1 Å². The molecule has 0 saturated heterocycles. The van der Waals surface area contributed by atoms with Crippen LogP contribution in [-0.4, -0.2) is 32.9 Å². The first-order valence-electron chi connectivity index (χ1n) is 8.99. The topological polar surface area (TPSA) is 37.7 Å². The number of quaternary nitrogens is 1. The smallest absolute Gasteiger partial charge is 0.171 e. The van der Waals surface area contributed by atoms with E-state index in [-0.39, 0.29) is 0 Å². The predicted octanol–water partition coefficient (Wildman–Crippen LogP) is 2.99.